The highest BCUT2D eigenvalue weighted by Gasteiger charge is 2.11. The Morgan fingerprint density at radius 2 is 2.00 bits per heavy atom. The highest BCUT2D eigenvalue weighted by molar-refractivity contribution is 6.34. The Kier molecular flexibility index (Phi) is 5.06. The summed E-state index contributed by atoms with van der Waals surface area (Å²) >= 11 is 11.7. The summed E-state index contributed by atoms with van der Waals surface area (Å²) in [6.45, 7) is 0.107. The van der Waals surface area contributed by atoms with Gasteiger partial charge in [0.25, 0.3) is 0 Å². The average molecular weight is 313 g/mol. The maximum absolute atomic E-state index is 11.7. The van der Waals surface area contributed by atoms with E-state index < -0.39 is 6.10 Å². The third kappa shape index (κ3) is 4.27. The summed E-state index contributed by atoms with van der Waals surface area (Å²) < 4.78 is 0. The molecule has 0 spiro atoms. The number of benzene rings is 1. The van der Waals surface area contributed by atoms with E-state index in [1.54, 1.807) is 24.4 Å². The van der Waals surface area contributed by atoms with Crippen LogP contribution in [0.5, 0.6) is 0 Å². The zero-order valence-corrected chi connectivity index (χ0v) is 12.1. The van der Waals surface area contributed by atoms with Crippen molar-refractivity contribution < 1.29 is 9.90 Å². The van der Waals surface area contributed by atoms with Gasteiger partial charge in [-0.1, -0.05) is 23.2 Å². The number of amides is 1. The van der Waals surface area contributed by atoms with Crippen LogP contribution in [0.4, 0.5) is 0 Å². The Labute approximate surface area is 126 Å². The van der Waals surface area contributed by atoms with Crippen molar-refractivity contribution in [1.29, 1.82) is 0 Å². The lowest BCUT2D eigenvalue weighted by Gasteiger charge is -2.13. The monoisotopic (exact) mass is 312 g/mol. The van der Waals surface area contributed by atoms with Gasteiger partial charge < -0.3 is 15.4 Å². The molecule has 1 atom stereocenters. The first-order valence-electron chi connectivity index (χ1n) is 6.07. The van der Waals surface area contributed by atoms with Crippen LogP contribution in [0, 0.1) is 0 Å². The minimum atomic E-state index is -0.848. The molecule has 1 aromatic heterocycles. The van der Waals surface area contributed by atoms with Crippen LogP contribution in [0.3, 0.4) is 0 Å². The van der Waals surface area contributed by atoms with Crippen LogP contribution >= 0.6 is 23.2 Å². The van der Waals surface area contributed by atoms with Gasteiger partial charge in [-0.25, -0.2) is 0 Å². The fourth-order valence-corrected chi connectivity index (χ4v) is 2.35. The van der Waals surface area contributed by atoms with Gasteiger partial charge >= 0.3 is 0 Å². The Morgan fingerprint density at radius 1 is 1.30 bits per heavy atom. The van der Waals surface area contributed by atoms with Crippen molar-refractivity contribution in [1.82, 2.24) is 10.3 Å². The number of nitrogens with one attached hydrogen (secondary N) is 2. The molecule has 0 bridgehead atoms. The van der Waals surface area contributed by atoms with Crippen molar-refractivity contribution in [3.63, 3.8) is 0 Å². The average Bonchev–Trinajstić information content (AvgIpc) is 2.87. The summed E-state index contributed by atoms with van der Waals surface area (Å²) in [5.74, 6) is -0.167. The Morgan fingerprint density at radius 3 is 2.60 bits per heavy atom. The van der Waals surface area contributed by atoms with Crippen molar-refractivity contribution in [3.05, 3.63) is 57.8 Å². The summed E-state index contributed by atoms with van der Waals surface area (Å²) in [4.78, 5) is 14.6. The van der Waals surface area contributed by atoms with Gasteiger partial charge in [0.05, 0.1) is 12.5 Å². The van der Waals surface area contributed by atoms with Gasteiger partial charge in [-0.15, -0.1) is 0 Å². The number of halogens is 2. The van der Waals surface area contributed by atoms with Crippen LogP contribution in [0.15, 0.2) is 36.5 Å². The largest absolute Gasteiger partial charge is 0.387 e. The molecular formula is C14H14Cl2N2O2. The van der Waals surface area contributed by atoms with Crippen LogP contribution < -0.4 is 5.32 Å². The number of aromatic amines is 1. The molecule has 0 aliphatic heterocycles. The topological polar surface area (TPSA) is 65.1 Å². The molecule has 1 heterocycles. The van der Waals surface area contributed by atoms with Crippen molar-refractivity contribution in [2.75, 3.05) is 6.54 Å². The highest BCUT2D eigenvalue weighted by atomic mass is 35.5. The molecule has 1 amide bonds. The number of carbonyl (C=O) groups excluding carboxylic acids is 1. The molecule has 4 nitrogen and oxygen atoms in total. The van der Waals surface area contributed by atoms with E-state index in [-0.39, 0.29) is 18.9 Å². The SMILES string of the molecule is O=C(Cc1ccc[nH]1)NCC(O)c1cc(Cl)cc(Cl)c1. The quantitative estimate of drug-likeness (QED) is 0.794. The van der Waals surface area contributed by atoms with Gasteiger partial charge in [0, 0.05) is 28.5 Å². The van der Waals surface area contributed by atoms with Crippen molar-refractivity contribution in [2.24, 2.45) is 0 Å². The standard InChI is InChI=1S/C14H14Cl2N2O2/c15-10-4-9(5-11(16)6-10)13(19)8-18-14(20)7-12-2-1-3-17-12/h1-6,13,17,19H,7-8H2,(H,18,20). The van der Waals surface area contributed by atoms with Gasteiger partial charge in [-0.05, 0) is 35.9 Å². The number of hydrogen-bond donors (Lipinski definition) is 3. The van der Waals surface area contributed by atoms with Gasteiger partial charge in [-0.3, -0.25) is 4.79 Å². The molecule has 0 aliphatic rings. The van der Waals surface area contributed by atoms with Crippen molar-refractivity contribution in [2.45, 2.75) is 12.5 Å². The zero-order chi connectivity index (χ0) is 14.5. The molecule has 3 N–H and O–H groups in total. The second-order valence-corrected chi connectivity index (χ2v) is 5.27. The number of aromatic nitrogens is 1. The number of carbonyl (C=O) groups is 1. The molecule has 1 aromatic carbocycles. The van der Waals surface area contributed by atoms with Gasteiger partial charge in [0.15, 0.2) is 0 Å². The maximum atomic E-state index is 11.7. The molecule has 2 rings (SSSR count). The van der Waals surface area contributed by atoms with E-state index in [1.165, 1.54) is 0 Å². The van der Waals surface area contributed by atoms with E-state index >= 15 is 0 Å². The fourth-order valence-electron chi connectivity index (χ4n) is 1.81. The van der Waals surface area contributed by atoms with E-state index in [2.05, 4.69) is 10.3 Å². The summed E-state index contributed by atoms with van der Waals surface area (Å²) in [5.41, 5.74) is 1.39. The summed E-state index contributed by atoms with van der Waals surface area (Å²) in [6, 6.07) is 8.48. The highest BCUT2D eigenvalue weighted by Crippen LogP contribution is 2.23. The van der Waals surface area contributed by atoms with E-state index in [9.17, 15) is 9.90 Å². The molecule has 106 valence electrons. The minimum absolute atomic E-state index is 0.107. The Balaban J connectivity index is 1.88. The third-order valence-corrected chi connectivity index (χ3v) is 3.21. The smallest absolute Gasteiger partial charge is 0.226 e. The van der Waals surface area contributed by atoms with Crippen molar-refractivity contribution >= 4 is 29.1 Å². The molecule has 0 saturated carbocycles. The first-order chi connectivity index (χ1) is 9.54. The van der Waals surface area contributed by atoms with Crippen molar-refractivity contribution in [3.8, 4) is 0 Å². The van der Waals surface area contributed by atoms with Crippen LogP contribution in [-0.2, 0) is 11.2 Å². The molecule has 2 aromatic rings. The summed E-state index contributed by atoms with van der Waals surface area (Å²) in [7, 11) is 0. The maximum Gasteiger partial charge on any atom is 0.226 e. The lowest BCUT2D eigenvalue weighted by Crippen LogP contribution is -2.29. The third-order valence-electron chi connectivity index (χ3n) is 2.78. The molecule has 0 saturated heterocycles. The second-order valence-electron chi connectivity index (χ2n) is 4.39. The molecule has 0 aliphatic carbocycles. The number of H-pyrrole nitrogens is 1. The van der Waals surface area contributed by atoms with E-state index in [0.29, 0.717) is 15.6 Å². The molecule has 0 fully saturated rings. The Hall–Kier alpha value is -1.49. The first-order valence-corrected chi connectivity index (χ1v) is 6.83. The second kappa shape index (κ2) is 6.79. The molecule has 6 heteroatoms. The lowest BCUT2D eigenvalue weighted by atomic mass is 10.1. The number of rotatable bonds is 5. The van der Waals surface area contributed by atoms with Crippen LogP contribution in [0.1, 0.15) is 17.4 Å². The summed E-state index contributed by atoms with van der Waals surface area (Å²) in [6.07, 6.45) is 1.15. The number of hydrogen-bond acceptors (Lipinski definition) is 2. The molecular weight excluding hydrogens is 299 g/mol. The normalized spacial score (nSPS) is 12.2. The van der Waals surface area contributed by atoms with Gasteiger partial charge in [0.1, 0.15) is 0 Å². The van der Waals surface area contributed by atoms with Gasteiger partial charge in [0.2, 0.25) is 5.91 Å². The minimum Gasteiger partial charge on any atom is -0.387 e. The predicted octanol–water partition coefficient (Wildman–Crippen LogP) is 2.71. The zero-order valence-electron chi connectivity index (χ0n) is 10.6. The molecule has 0 radical (unpaired) electrons. The number of aliphatic hydroxyl groups excluding tert-OH is 1. The Bertz CT molecular complexity index is 565. The fraction of sp³-hybridized carbons (Fsp3) is 0.214. The van der Waals surface area contributed by atoms with Gasteiger partial charge in [-0.2, -0.15) is 0 Å². The van der Waals surface area contributed by atoms with Crippen LogP contribution in [0.2, 0.25) is 10.0 Å². The first kappa shape index (κ1) is 14.9. The summed E-state index contributed by atoms with van der Waals surface area (Å²) in [5, 5.41) is 13.6. The van der Waals surface area contributed by atoms with Crippen LogP contribution in [-0.4, -0.2) is 22.5 Å². The number of aliphatic hydroxyl groups is 1. The van der Waals surface area contributed by atoms with E-state index in [4.69, 9.17) is 23.2 Å². The molecule has 20 heavy (non-hydrogen) atoms. The predicted molar refractivity (Wildman–Crippen MR) is 78.9 cm³/mol. The lowest BCUT2D eigenvalue weighted by molar-refractivity contribution is -0.120. The van der Waals surface area contributed by atoms with Crippen LogP contribution in [0.25, 0.3) is 0 Å². The van der Waals surface area contributed by atoms with E-state index in [1.807, 2.05) is 12.1 Å². The molecule has 1 unspecified atom stereocenters. The van der Waals surface area contributed by atoms with E-state index in [0.717, 1.165) is 5.69 Å².